The van der Waals surface area contributed by atoms with Gasteiger partial charge in [0.25, 0.3) is 5.91 Å². The summed E-state index contributed by atoms with van der Waals surface area (Å²) in [7, 11) is 1.63. The Balaban J connectivity index is 1.98. The van der Waals surface area contributed by atoms with E-state index in [2.05, 4.69) is 33.2 Å². The van der Waals surface area contributed by atoms with Crippen LogP contribution in [0.3, 0.4) is 0 Å². The summed E-state index contributed by atoms with van der Waals surface area (Å²) in [5.74, 6) is -0.0996. The van der Waals surface area contributed by atoms with E-state index in [0.717, 1.165) is 20.4 Å². The van der Waals surface area contributed by atoms with Crippen LogP contribution in [0.4, 0.5) is 5.69 Å². The highest BCUT2D eigenvalue weighted by atomic mass is 127. The van der Waals surface area contributed by atoms with Crippen molar-refractivity contribution in [3.8, 4) is 0 Å². The lowest BCUT2D eigenvalue weighted by Gasteiger charge is -2.08. The summed E-state index contributed by atoms with van der Waals surface area (Å²) in [4.78, 5) is 23.5. The molecule has 0 bridgehead atoms. The maximum absolute atomic E-state index is 12.2. The fraction of sp³-hybridized carbons (Fsp3) is 0.222. The highest BCUT2D eigenvalue weighted by molar-refractivity contribution is 14.1. The second-order valence-electron chi connectivity index (χ2n) is 5.29. The number of benzene rings is 2. The Hall–Kier alpha value is -1.89. The molecule has 4 nitrogen and oxygen atoms in total. The highest BCUT2D eigenvalue weighted by Gasteiger charge is 2.08. The van der Waals surface area contributed by atoms with Gasteiger partial charge in [-0.05, 0) is 71.3 Å². The third kappa shape index (κ3) is 5.06. The molecule has 2 aromatic carbocycles. The van der Waals surface area contributed by atoms with Crippen molar-refractivity contribution in [3.63, 3.8) is 0 Å². The van der Waals surface area contributed by atoms with Gasteiger partial charge in [-0.2, -0.15) is 0 Å². The molecule has 0 spiro atoms. The molecule has 0 saturated carbocycles. The fourth-order valence-corrected chi connectivity index (χ4v) is 2.59. The van der Waals surface area contributed by atoms with Crippen molar-refractivity contribution >= 4 is 40.1 Å². The second-order valence-corrected chi connectivity index (χ2v) is 6.45. The molecule has 2 amide bonds. The first-order chi connectivity index (χ1) is 11.0. The number of hydrogen-bond donors (Lipinski definition) is 2. The monoisotopic (exact) mass is 422 g/mol. The number of halogens is 1. The van der Waals surface area contributed by atoms with Crippen LogP contribution in [-0.4, -0.2) is 18.9 Å². The summed E-state index contributed by atoms with van der Waals surface area (Å²) in [6.07, 6.45) is 1.15. The van der Waals surface area contributed by atoms with Crippen LogP contribution < -0.4 is 10.6 Å². The number of anilines is 1. The van der Waals surface area contributed by atoms with Gasteiger partial charge in [-0.15, -0.1) is 0 Å². The number of nitrogens with one attached hydrogen (secondary N) is 2. The topological polar surface area (TPSA) is 58.2 Å². The standard InChI is InChI=1S/C18H19IN2O2/c1-12-3-7-14(11-16(12)19)18(23)21-15-8-4-13(5-9-15)6-10-17(22)20-2/h3-5,7-9,11H,6,10H2,1-2H3,(H,20,22)(H,21,23). The van der Waals surface area contributed by atoms with E-state index in [4.69, 9.17) is 0 Å². The minimum Gasteiger partial charge on any atom is -0.359 e. The van der Waals surface area contributed by atoms with E-state index in [-0.39, 0.29) is 11.8 Å². The SMILES string of the molecule is CNC(=O)CCc1ccc(NC(=O)c2ccc(C)c(I)c2)cc1. The zero-order valence-corrected chi connectivity index (χ0v) is 15.3. The van der Waals surface area contributed by atoms with E-state index in [1.165, 1.54) is 0 Å². The van der Waals surface area contributed by atoms with Gasteiger partial charge in [0.2, 0.25) is 5.91 Å². The van der Waals surface area contributed by atoms with Crippen LogP contribution in [0.5, 0.6) is 0 Å². The summed E-state index contributed by atoms with van der Waals surface area (Å²) >= 11 is 2.22. The minimum atomic E-state index is -0.124. The first kappa shape index (κ1) is 17.5. The van der Waals surface area contributed by atoms with Gasteiger partial charge in [0, 0.05) is 28.3 Å². The number of rotatable bonds is 5. The molecule has 0 saturated heterocycles. The van der Waals surface area contributed by atoms with E-state index >= 15 is 0 Å². The van der Waals surface area contributed by atoms with Crippen LogP contribution in [-0.2, 0) is 11.2 Å². The van der Waals surface area contributed by atoms with Crippen molar-refractivity contribution in [3.05, 3.63) is 62.7 Å². The summed E-state index contributed by atoms with van der Waals surface area (Å²) < 4.78 is 1.07. The van der Waals surface area contributed by atoms with Gasteiger partial charge in [-0.1, -0.05) is 18.2 Å². The van der Waals surface area contributed by atoms with Crippen LogP contribution in [0.1, 0.15) is 27.9 Å². The molecular formula is C18H19IN2O2. The average molecular weight is 422 g/mol. The average Bonchev–Trinajstić information content (AvgIpc) is 2.56. The number of carbonyl (C=O) groups is 2. The van der Waals surface area contributed by atoms with Crippen LogP contribution in [0.15, 0.2) is 42.5 Å². The lowest BCUT2D eigenvalue weighted by Crippen LogP contribution is -2.17. The largest absolute Gasteiger partial charge is 0.359 e. The van der Waals surface area contributed by atoms with Crippen molar-refractivity contribution in [1.82, 2.24) is 5.32 Å². The Labute approximate surface area is 149 Å². The molecule has 0 aliphatic rings. The van der Waals surface area contributed by atoms with Gasteiger partial charge in [-0.3, -0.25) is 9.59 Å². The molecular weight excluding hydrogens is 403 g/mol. The van der Waals surface area contributed by atoms with Crippen LogP contribution in [0, 0.1) is 10.5 Å². The van der Waals surface area contributed by atoms with Crippen molar-refractivity contribution in [2.24, 2.45) is 0 Å². The number of carbonyl (C=O) groups excluding carboxylic acids is 2. The predicted octanol–water partition coefficient (Wildman–Crippen LogP) is 3.53. The summed E-state index contributed by atoms with van der Waals surface area (Å²) in [6, 6.07) is 13.2. The fourth-order valence-electron chi connectivity index (χ4n) is 2.07. The third-order valence-electron chi connectivity index (χ3n) is 3.57. The molecule has 2 N–H and O–H groups in total. The Morgan fingerprint density at radius 2 is 1.78 bits per heavy atom. The third-order valence-corrected chi connectivity index (χ3v) is 4.73. The van der Waals surface area contributed by atoms with Crippen LogP contribution >= 0.6 is 22.6 Å². The quantitative estimate of drug-likeness (QED) is 0.725. The van der Waals surface area contributed by atoms with E-state index in [1.807, 2.05) is 49.4 Å². The lowest BCUT2D eigenvalue weighted by molar-refractivity contribution is -0.120. The molecule has 0 fully saturated rings. The maximum atomic E-state index is 12.2. The van der Waals surface area contributed by atoms with Crippen molar-refractivity contribution in [2.45, 2.75) is 19.8 Å². The van der Waals surface area contributed by atoms with E-state index in [0.29, 0.717) is 18.4 Å². The molecule has 0 aromatic heterocycles. The summed E-state index contributed by atoms with van der Waals surface area (Å²) in [6.45, 7) is 2.01. The molecule has 120 valence electrons. The van der Waals surface area contributed by atoms with Crippen molar-refractivity contribution in [2.75, 3.05) is 12.4 Å². The Bertz CT molecular complexity index is 711. The van der Waals surface area contributed by atoms with Crippen molar-refractivity contribution in [1.29, 1.82) is 0 Å². The molecule has 23 heavy (non-hydrogen) atoms. The van der Waals surface area contributed by atoms with E-state index in [1.54, 1.807) is 7.05 Å². The molecule has 2 aromatic rings. The van der Waals surface area contributed by atoms with Crippen LogP contribution in [0.2, 0.25) is 0 Å². The molecule has 0 radical (unpaired) electrons. The Morgan fingerprint density at radius 1 is 1.09 bits per heavy atom. The zero-order valence-electron chi connectivity index (χ0n) is 13.2. The highest BCUT2D eigenvalue weighted by Crippen LogP contribution is 2.16. The first-order valence-electron chi connectivity index (χ1n) is 7.36. The zero-order chi connectivity index (χ0) is 16.8. The molecule has 0 atom stereocenters. The van der Waals surface area contributed by atoms with Gasteiger partial charge in [0.1, 0.15) is 0 Å². The lowest BCUT2D eigenvalue weighted by atomic mass is 10.1. The van der Waals surface area contributed by atoms with Gasteiger partial charge in [-0.25, -0.2) is 0 Å². The molecule has 0 aliphatic carbocycles. The smallest absolute Gasteiger partial charge is 0.255 e. The number of hydrogen-bond acceptors (Lipinski definition) is 2. The maximum Gasteiger partial charge on any atom is 0.255 e. The van der Waals surface area contributed by atoms with Gasteiger partial charge in [0.15, 0.2) is 0 Å². The number of amides is 2. The summed E-state index contributed by atoms with van der Waals surface area (Å²) in [5.41, 5.74) is 3.61. The molecule has 0 aliphatic heterocycles. The Morgan fingerprint density at radius 3 is 2.39 bits per heavy atom. The van der Waals surface area contributed by atoms with Gasteiger partial charge < -0.3 is 10.6 Å². The molecule has 0 unspecified atom stereocenters. The van der Waals surface area contributed by atoms with E-state index in [9.17, 15) is 9.59 Å². The van der Waals surface area contributed by atoms with Crippen molar-refractivity contribution < 1.29 is 9.59 Å². The predicted molar refractivity (Wildman–Crippen MR) is 101 cm³/mol. The minimum absolute atomic E-state index is 0.0244. The van der Waals surface area contributed by atoms with E-state index < -0.39 is 0 Å². The molecule has 2 rings (SSSR count). The Kier molecular flexibility index (Phi) is 6.15. The van der Waals surface area contributed by atoms with Crippen LogP contribution in [0.25, 0.3) is 0 Å². The second kappa shape index (κ2) is 8.10. The van der Waals surface area contributed by atoms with Gasteiger partial charge >= 0.3 is 0 Å². The molecule has 5 heteroatoms. The normalized spacial score (nSPS) is 10.2. The number of aryl methyl sites for hydroxylation is 2. The summed E-state index contributed by atoms with van der Waals surface area (Å²) in [5, 5.41) is 5.49. The molecule has 0 heterocycles. The first-order valence-corrected chi connectivity index (χ1v) is 8.44. The van der Waals surface area contributed by atoms with Gasteiger partial charge in [0.05, 0.1) is 0 Å².